The molecule has 0 aliphatic heterocycles. The third kappa shape index (κ3) is 4.76. The fourth-order valence-electron chi connectivity index (χ4n) is 2.96. The van der Waals surface area contributed by atoms with Crippen molar-refractivity contribution < 1.29 is 9.18 Å². The molecule has 31 heavy (non-hydrogen) atoms. The Morgan fingerprint density at radius 1 is 1.10 bits per heavy atom. The molecule has 0 aliphatic carbocycles. The van der Waals surface area contributed by atoms with Gasteiger partial charge in [-0.15, -0.1) is 0 Å². The molecule has 0 bridgehead atoms. The molecule has 4 aromatic rings. The second kappa shape index (κ2) is 9.28. The molecule has 6 nitrogen and oxygen atoms in total. The predicted molar refractivity (Wildman–Crippen MR) is 120 cm³/mol. The van der Waals surface area contributed by atoms with Crippen LogP contribution in [0.15, 0.2) is 76.8 Å². The van der Waals surface area contributed by atoms with Gasteiger partial charge in [0.1, 0.15) is 5.82 Å². The molecule has 0 spiro atoms. The summed E-state index contributed by atoms with van der Waals surface area (Å²) in [5, 5.41) is 3.74. The number of nitrogens with zero attached hydrogens (tertiary/aromatic N) is 3. The highest BCUT2D eigenvalue weighted by Gasteiger charge is 2.16. The number of thioether (sulfide) groups is 1. The molecule has 4 rings (SSSR count). The van der Waals surface area contributed by atoms with Crippen molar-refractivity contribution >= 4 is 46.0 Å². The Bertz CT molecular complexity index is 1330. The molecule has 0 saturated carbocycles. The van der Waals surface area contributed by atoms with Gasteiger partial charge in [-0.3, -0.25) is 14.2 Å². The zero-order valence-corrected chi connectivity index (χ0v) is 17.7. The molecule has 2 heterocycles. The smallest absolute Gasteiger partial charge is 0.263 e. The monoisotopic (exact) mass is 454 g/mol. The van der Waals surface area contributed by atoms with E-state index >= 15 is 0 Å². The number of fused-ring (bicyclic) bond motifs is 1. The van der Waals surface area contributed by atoms with Gasteiger partial charge in [-0.1, -0.05) is 53.7 Å². The minimum absolute atomic E-state index is 0.0678. The number of hydrogen-bond acceptors (Lipinski definition) is 5. The van der Waals surface area contributed by atoms with Gasteiger partial charge in [0, 0.05) is 11.2 Å². The van der Waals surface area contributed by atoms with Gasteiger partial charge in [-0.05, 0) is 35.9 Å². The third-order valence-corrected chi connectivity index (χ3v) is 5.81. The summed E-state index contributed by atoms with van der Waals surface area (Å²) < 4.78 is 15.2. The van der Waals surface area contributed by atoms with Crippen LogP contribution < -0.4 is 10.9 Å². The molecule has 0 radical (unpaired) electrons. The van der Waals surface area contributed by atoms with E-state index in [9.17, 15) is 14.0 Å². The second-order valence-electron chi connectivity index (χ2n) is 6.57. The van der Waals surface area contributed by atoms with Crippen LogP contribution in [0, 0.1) is 5.82 Å². The maximum Gasteiger partial charge on any atom is 0.263 e. The van der Waals surface area contributed by atoms with Gasteiger partial charge in [0.25, 0.3) is 5.56 Å². The number of nitrogens with one attached hydrogen (secondary N) is 1. The summed E-state index contributed by atoms with van der Waals surface area (Å²) in [4.78, 5) is 34.1. The lowest BCUT2D eigenvalue weighted by Crippen LogP contribution is -2.25. The molecule has 9 heteroatoms. The number of carbonyl (C=O) groups excluding carboxylic acids is 1. The molecule has 2 aromatic carbocycles. The molecule has 0 fully saturated rings. The lowest BCUT2D eigenvalue weighted by molar-refractivity contribution is -0.113. The maximum atomic E-state index is 13.8. The molecule has 156 valence electrons. The van der Waals surface area contributed by atoms with E-state index in [1.807, 2.05) is 12.1 Å². The molecule has 2 aromatic heterocycles. The van der Waals surface area contributed by atoms with E-state index in [4.69, 9.17) is 11.6 Å². The molecule has 0 aliphatic rings. The normalized spacial score (nSPS) is 10.9. The largest absolute Gasteiger partial charge is 0.323 e. The summed E-state index contributed by atoms with van der Waals surface area (Å²) in [5.74, 6) is -1.01. The first-order valence-corrected chi connectivity index (χ1v) is 10.7. The van der Waals surface area contributed by atoms with Crippen LogP contribution in [-0.4, -0.2) is 26.2 Å². The van der Waals surface area contributed by atoms with Crippen molar-refractivity contribution in [1.29, 1.82) is 0 Å². The molecule has 0 unspecified atom stereocenters. The predicted octanol–water partition coefficient (Wildman–Crippen LogP) is 4.36. The van der Waals surface area contributed by atoms with Crippen LogP contribution in [0.5, 0.6) is 0 Å². The first kappa shape index (κ1) is 21.0. The summed E-state index contributed by atoms with van der Waals surface area (Å²) in [6.07, 6.45) is 1.55. The molecule has 0 atom stereocenters. The lowest BCUT2D eigenvalue weighted by atomic mass is 10.2. The second-order valence-corrected chi connectivity index (χ2v) is 7.92. The first-order chi connectivity index (χ1) is 15.0. The minimum atomic E-state index is -0.524. The van der Waals surface area contributed by atoms with Crippen LogP contribution in [0.4, 0.5) is 10.1 Å². The van der Waals surface area contributed by atoms with Crippen molar-refractivity contribution in [1.82, 2.24) is 14.5 Å². The summed E-state index contributed by atoms with van der Waals surface area (Å²) in [7, 11) is 0. The number of amides is 1. The van der Waals surface area contributed by atoms with Crippen molar-refractivity contribution in [3.63, 3.8) is 0 Å². The maximum absolute atomic E-state index is 13.8. The number of aromatic nitrogens is 3. The number of anilines is 1. The van der Waals surface area contributed by atoms with Gasteiger partial charge in [0.05, 0.1) is 23.4 Å². The van der Waals surface area contributed by atoms with E-state index in [-0.39, 0.29) is 23.5 Å². The van der Waals surface area contributed by atoms with Gasteiger partial charge in [0.15, 0.2) is 10.8 Å². The number of hydrogen-bond donors (Lipinski definition) is 1. The van der Waals surface area contributed by atoms with Crippen LogP contribution >= 0.6 is 23.4 Å². The number of halogens is 2. The lowest BCUT2D eigenvalue weighted by Gasteiger charge is -2.14. The van der Waals surface area contributed by atoms with Crippen LogP contribution in [0.1, 0.15) is 5.56 Å². The number of rotatable bonds is 6. The Kier molecular flexibility index (Phi) is 6.29. The van der Waals surface area contributed by atoms with Crippen molar-refractivity contribution in [2.75, 3.05) is 11.1 Å². The van der Waals surface area contributed by atoms with Crippen LogP contribution in [0.25, 0.3) is 11.0 Å². The molecule has 1 N–H and O–H groups in total. The molecular formula is C22H16ClFN4O2S. The first-order valence-electron chi connectivity index (χ1n) is 9.29. The molecule has 1 amide bonds. The van der Waals surface area contributed by atoms with E-state index in [1.165, 1.54) is 16.7 Å². The highest BCUT2D eigenvalue weighted by Crippen LogP contribution is 2.22. The number of pyridine rings is 1. The standard InChI is InChI=1S/C22H16ClFN4O2S/c23-16-8-2-1-6-14(16)12-28-21(30)15-7-5-11-25-20(15)27-22(28)31-13-19(29)26-18-10-4-3-9-17(18)24/h1-11H,12-13H2,(H,26,29). The Morgan fingerprint density at radius 3 is 2.68 bits per heavy atom. The molecular weight excluding hydrogens is 439 g/mol. The van der Waals surface area contributed by atoms with Gasteiger partial charge in [0.2, 0.25) is 5.91 Å². The van der Waals surface area contributed by atoms with E-state index in [0.29, 0.717) is 21.2 Å². The summed E-state index contributed by atoms with van der Waals surface area (Å²) in [6, 6.07) is 16.4. The van der Waals surface area contributed by atoms with E-state index < -0.39 is 11.7 Å². The zero-order valence-electron chi connectivity index (χ0n) is 16.1. The topological polar surface area (TPSA) is 76.9 Å². The van der Waals surface area contributed by atoms with Crippen molar-refractivity contribution in [3.8, 4) is 0 Å². The van der Waals surface area contributed by atoms with Crippen LogP contribution in [-0.2, 0) is 11.3 Å². The highest BCUT2D eigenvalue weighted by molar-refractivity contribution is 7.99. The minimum Gasteiger partial charge on any atom is -0.323 e. The third-order valence-electron chi connectivity index (χ3n) is 4.46. The summed E-state index contributed by atoms with van der Waals surface area (Å²) >= 11 is 7.34. The Hall–Kier alpha value is -3.23. The fourth-order valence-corrected chi connectivity index (χ4v) is 3.94. The summed E-state index contributed by atoms with van der Waals surface area (Å²) in [5.41, 5.74) is 0.846. The Balaban J connectivity index is 1.64. The van der Waals surface area contributed by atoms with Gasteiger partial charge < -0.3 is 5.32 Å². The van der Waals surface area contributed by atoms with Crippen LogP contribution in [0.2, 0.25) is 5.02 Å². The van der Waals surface area contributed by atoms with Crippen molar-refractivity contribution in [3.05, 3.63) is 93.6 Å². The SMILES string of the molecule is O=C(CSc1nc2ncccc2c(=O)n1Cc1ccccc1Cl)Nc1ccccc1F. The van der Waals surface area contributed by atoms with Crippen LogP contribution in [0.3, 0.4) is 0 Å². The Labute approximate surface area is 186 Å². The summed E-state index contributed by atoms with van der Waals surface area (Å²) in [6.45, 7) is 0.188. The molecule has 0 saturated heterocycles. The fraction of sp³-hybridized carbons (Fsp3) is 0.0909. The van der Waals surface area contributed by atoms with Gasteiger partial charge in [-0.2, -0.15) is 0 Å². The van der Waals surface area contributed by atoms with Crippen molar-refractivity contribution in [2.24, 2.45) is 0 Å². The average molecular weight is 455 g/mol. The number of para-hydroxylation sites is 1. The Morgan fingerprint density at radius 2 is 1.87 bits per heavy atom. The quantitative estimate of drug-likeness (QED) is 0.346. The number of benzene rings is 2. The van der Waals surface area contributed by atoms with E-state index in [0.717, 1.165) is 17.3 Å². The zero-order chi connectivity index (χ0) is 21.8. The van der Waals surface area contributed by atoms with Gasteiger partial charge in [-0.25, -0.2) is 14.4 Å². The number of carbonyl (C=O) groups is 1. The van der Waals surface area contributed by atoms with E-state index in [1.54, 1.807) is 42.6 Å². The average Bonchev–Trinajstić information content (AvgIpc) is 2.77. The van der Waals surface area contributed by atoms with E-state index in [2.05, 4.69) is 15.3 Å². The highest BCUT2D eigenvalue weighted by atomic mass is 35.5. The van der Waals surface area contributed by atoms with Gasteiger partial charge >= 0.3 is 0 Å². The van der Waals surface area contributed by atoms with Crippen molar-refractivity contribution in [2.45, 2.75) is 11.7 Å².